The third kappa shape index (κ3) is 4.87. The minimum Gasteiger partial charge on any atom is -0.393 e. The number of aliphatic hydroxyl groups is 1. The van der Waals surface area contributed by atoms with Crippen LogP contribution in [0.4, 0.5) is 9.18 Å². The predicted molar refractivity (Wildman–Crippen MR) is 70.0 cm³/mol. The standard InChI is InChI=1S/C14H19FN2O2/c15-12-5-1-10(2-6-12)9-17-14(19)16-8-7-13(18)11-3-4-11/h1-2,5-6,11,13,18H,3-4,7-9H2,(H2,16,17,19)/t13-/m0/s1. The third-order valence-corrected chi connectivity index (χ3v) is 3.26. The van der Waals surface area contributed by atoms with Gasteiger partial charge in [-0.15, -0.1) is 0 Å². The van der Waals surface area contributed by atoms with Crippen molar-refractivity contribution in [2.75, 3.05) is 6.54 Å². The van der Waals surface area contributed by atoms with Gasteiger partial charge in [0.2, 0.25) is 0 Å². The normalized spacial score (nSPS) is 15.9. The van der Waals surface area contributed by atoms with Crippen molar-refractivity contribution >= 4 is 6.03 Å². The Balaban J connectivity index is 1.60. The van der Waals surface area contributed by atoms with Crippen molar-refractivity contribution in [2.45, 2.75) is 31.9 Å². The number of aliphatic hydroxyl groups excluding tert-OH is 1. The highest BCUT2D eigenvalue weighted by molar-refractivity contribution is 5.73. The number of nitrogens with one attached hydrogen (secondary N) is 2. The first-order valence-corrected chi connectivity index (χ1v) is 6.59. The van der Waals surface area contributed by atoms with Crippen LogP contribution in [0.25, 0.3) is 0 Å². The Kier molecular flexibility index (Phi) is 4.74. The van der Waals surface area contributed by atoms with Crippen LogP contribution in [0.3, 0.4) is 0 Å². The number of urea groups is 1. The van der Waals surface area contributed by atoms with Gasteiger partial charge in [-0.05, 0) is 42.9 Å². The molecule has 0 saturated heterocycles. The first-order valence-electron chi connectivity index (χ1n) is 6.59. The Bertz CT molecular complexity index is 418. The lowest BCUT2D eigenvalue weighted by atomic mass is 10.2. The molecule has 1 aliphatic rings. The number of carbonyl (C=O) groups excluding carboxylic acids is 1. The van der Waals surface area contributed by atoms with E-state index in [9.17, 15) is 14.3 Å². The molecular weight excluding hydrogens is 247 g/mol. The molecule has 0 unspecified atom stereocenters. The van der Waals surface area contributed by atoms with E-state index >= 15 is 0 Å². The van der Waals surface area contributed by atoms with Crippen LogP contribution in [-0.2, 0) is 6.54 Å². The van der Waals surface area contributed by atoms with Crippen molar-refractivity contribution in [1.29, 1.82) is 0 Å². The number of amides is 2. The molecule has 2 amide bonds. The number of benzene rings is 1. The zero-order valence-corrected chi connectivity index (χ0v) is 10.7. The predicted octanol–water partition coefficient (Wildman–Crippen LogP) is 1.79. The van der Waals surface area contributed by atoms with Crippen LogP contribution >= 0.6 is 0 Å². The van der Waals surface area contributed by atoms with Crippen molar-refractivity contribution in [3.8, 4) is 0 Å². The molecule has 1 aromatic carbocycles. The summed E-state index contributed by atoms with van der Waals surface area (Å²) in [5, 5.41) is 15.0. The summed E-state index contributed by atoms with van der Waals surface area (Å²) in [5.74, 6) is 0.145. The molecular formula is C14H19FN2O2. The molecule has 104 valence electrons. The molecule has 3 N–H and O–H groups in total. The van der Waals surface area contributed by atoms with E-state index in [4.69, 9.17) is 0 Å². The highest BCUT2D eigenvalue weighted by Crippen LogP contribution is 2.33. The van der Waals surface area contributed by atoms with Crippen molar-refractivity contribution in [1.82, 2.24) is 10.6 Å². The second kappa shape index (κ2) is 6.52. The van der Waals surface area contributed by atoms with E-state index in [-0.39, 0.29) is 18.0 Å². The van der Waals surface area contributed by atoms with Crippen molar-refractivity contribution < 1.29 is 14.3 Å². The molecule has 0 heterocycles. The fourth-order valence-corrected chi connectivity index (χ4v) is 1.90. The average Bonchev–Trinajstić information content (AvgIpc) is 3.22. The number of rotatable bonds is 6. The quantitative estimate of drug-likeness (QED) is 0.735. The van der Waals surface area contributed by atoms with Crippen molar-refractivity contribution in [3.63, 3.8) is 0 Å². The molecule has 19 heavy (non-hydrogen) atoms. The zero-order valence-electron chi connectivity index (χ0n) is 10.7. The maximum Gasteiger partial charge on any atom is 0.315 e. The van der Waals surface area contributed by atoms with Gasteiger partial charge in [0.15, 0.2) is 0 Å². The van der Waals surface area contributed by atoms with Gasteiger partial charge in [0.25, 0.3) is 0 Å². The molecule has 1 saturated carbocycles. The summed E-state index contributed by atoms with van der Waals surface area (Å²) in [6.45, 7) is 0.824. The van der Waals surface area contributed by atoms with Crippen molar-refractivity contribution in [2.24, 2.45) is 5.92 Å². The van der Waals surface area contributed by atoms with E-state index in [1.807, 2.05) is 0 Å². The zero-order chi connectivity index (χ0) is 13.7. The lowest BCUT2D eigenvalue weighted by molar-refractivity contribution is 0.141. The summed E-state index contributed by atoms with van der Waals surface area (Å²) < 4.78 is 12.7. The SMILES string of the molecule is O=C(NCC[C@H](O)C1CC1)NCc1ccc(F)cc1. The van der Waals surface area contributed by atoms with Crippen LogP contribution in [0.5, 0.6) is 0 Å². The van der Waals surface area contributed by atoms with Crippen LogP contribution in [0, 0.1) is 11.7 Å². The molecule has 1 aliphatic carbocycles. The van der Waals surface area contributed by atoms with Gasteiger partial charge in [0, 0.05) is 13.1 Å². The number of halogens is 1. The van der Waals surface area contributed by atoms with Crippen LogP contribution in [0.15, 0.2) is 24.3 Å². The van der Waals surface area contributed by atoms with Gasteiger partial charge in [-0.25, -0.2) is 9.18 Å². The minimum atomic E-state index is -0.294. The summed E-state index contributed by atoms with van der Waals surface area (Å²) in [5.41, 5.74) is 0.842. The molecule has 0 radical (unpaired) electrons. The number of carbonyl (C=O) groups is 1. The lowest BCUT2D eigenvalue weighted by Crippen LogP contribution is -2.36. The summed E-state index contributed by atoms with van der Waals surface area (Å²) in [6, 6.07) is 5.72. The van der Waals surface area contributed by atoms with E-state index < -0.39 is 0 Å². The molecule has 0 spiro atoms. The Morgan fingerprint density at radius 1 is 1.32 bits per heavy atom. The molecule has 5 heteroatoms. The van der Waals surface area contributed by atoms with E-state index in [1.165, 1.54) is 12.1 Å². The van der Waals surface area contributed by atoms with Gasteiger partial charge in [0.1, 0.15) is 5.82 Å². The smallest absolute Gasteiger partial charge is 0.315 e. The second-order valence-corrected chi connectivity index (χ2v) is 4.93. The van der Waals surface area contributed by atoms with E-state index in [1.54, 1.807) is 12.1 Å². The van der Waals surface area contributed by atoms with Gasteiger partial charge >= 0.3 is 6.03 Å². The molecule has 2 rings (SSSR count). The highest BCUT2D eigenvalue weighted by Gasteiger charge is 2.29. The topological polar surface area (TPSA) is 61.4 Å². The first kappa shape index (κ1) is 13.8. The average molecular weight is 266 g/mol. The Labute approximate surface area is 112 Å². The fourth-order valence-electron chi connectivity index (χ4n) is 1.90. The summed E-state index contributed by atoms with van der Waals surface area (Å²) in [7, 11) is 0. The largest absolute Gasteiger partial charge is 0.393 e. The molecule has 1 atom stereocenters. The van der Waals surface area contributed by atoms with Gasteiger partial charge in [-0.3, -0.25) is 0 Å². The van der Waals surface area contributed by atoms with Crippen LogP contribution in [0.1, 0.15) is 24.8 Å². The molecule has 1 aromatic rings. The van der Waals surface area contributed by atoms with E-state index in [0.29, 0.717) is 25.4 Å². The van der Waals surface area contributed by atoms with Crippen LogP contribution in [-0.4, -0.2) is 23.8 Å². The summed E-state index contributed by atoms with van der Waals surface area (Å²) in [4.78, 5) is 11.5. The molecule has 0 bridgehead atoms. The summed E-state index contributed by atoms with van der Waals surface area (Å²) in [6.07, 6.45) is 2.49. The minimum absolute atomic E-state index is 0.271. The van der Waals surface area contributed by atoms with Gasteiger partial charge in [-0.2, -0.15) is 0 Å². The molecule has 0 aromatic heterocycles. The Morgan fingerprint density at radius 3 is 2.63 bits per heavy atom. The van der Waals surface area contributed by atoms with E-state index in [2.05, 4.69) is 10.6 Å². The van der Waals surface area contributed by atoms with Gasteiger partial charge in [-0.1, -0.05) is 12.1 Å². The van der Waals surface area contributed by atoms with Gasteiger partial charge < -0.3 is 15.7 Å². The first-order chi connectivity index (χ1) is 9.15. The van der Waals surface area contributed by atoms with E-state index in [0.717, 1.165) is 18.4 Å². The molecule has 1 fully saturated rings. The maximum absolute atomic E-state index is 12.7. The summed E-state index contributed by atoms with van der Waals surface area (Å²) >= 11 is 0. The van der Waals surface area contributed by atoms with Crippen LogP contribution < -0.4 is 10.6 Å². The van der Waals surface area contributed by atoms with Crippen molar-refractivity contribution in [3.05, 3.63) is 35.6 Å². The lowest BCUT2D eigenvalue weighted by Gasteiger charge is -2.11. The Morgan fingerprint density at radius 2 is 2.00 bits per heavy atom. The fraction of sp³-hybridized carbons (Fsp3) is 0.500. The number of hydrogen-bond acceptors (Lipinski definition) is 2. The van der Waals surface area contributed by atoms with Gasteiger partial charge in [0.05, 0.1) is 6.10 Å². The third-order valence-electron chi connectivity index (χ3n) is 3.26. The Hall–Kier alpha value is -1.62. The second-order valence-electron chi connectivity index (χ2n) is 4.93. The maximum atomic E-state index is 12.7. The highest BCUT2D eigenvalue weighted by atomic mass is 19.1. The monoisotopic (exact) mass is 266 g/mol. The molecule has 0 aliphatic heterocycles. The number of hydrogen-bond donors (Lipinski definition) is 3. The molecule has 4 nitrogen and oxygen atoms in total. The van der Waals surface area contributed by atoms with Crippen LogP contribution in [0.2, 0.25) is 0 Å².